The Hall–Kier alpha value is 0.0800. The molecule has 0 saturated heterocycles. The topological polar surface area (TPSA) is 0 Å². The van der Waals surface area contributed by atoms with Gasteiger partial charge >= 0.3 is 0 Å². The molecule has 0 amide bonds. The van der Waals surface area contributed by atoms with Crippen molar-refractivity contribution in [2.45, 2.75) is 140 Å². The summed E-state index contributed by atoms with van der Waals surface area (Å²) in [4.78, 5) is 0. The molecule has 0 bridgehead atoms. The van der Waals surface area contributed by atoms with Crippen LogP contribution in [0.25, 0.3) is 0 Å². The van der Waals surface area contributed by atoms with E-state index in [0.29, 0.717) is 16.0 Å². The highest BCUT2D eigenvalue weighted by Crippen LogP contribution is 2.68. The molecule has 0 heterocycles. The average molecular weight is 447 g/mol. The number of rotatable bonds is 5. The van der Waals surface area contributed by atoms with Crippen LogP contribution < -0.4 is 5.30 Å². The predicted molar refractivity (Wildman–Crippen MR) is 142 cm³/mol. The molecule has 2 aliphatic carbocycles. The van der Waals surface area contributed by atoms with Gasteiger partial charge in [0.05, 0.1) is 0 Å². The molecule has 2 aliphatic rings. The van der Waals surface area contributed by atoms with Crippen LogP contribution in [-0.2, 0) is 0 Å². The zero-order valence-electron chi connectivity index (χ0n) is 21.0. The summed E-state index contributed by atoms with van der Waals surface area (Å²) in [6.07, 6.45) is 14.9. The van der Waals surface area contributed by atoms with E-state index in [1.54, 1.807) is 10.9 Å². The van der Waals surface area contributed by atoms with Crippen molar-refractivity contribution in [3.63, 3.8) is 0 Å². The molecular weight excluding hydrogens is 398 g/mol. The molecule has 1 aromatic carbocycles. The van der Waals surface area contributed by atoms with Crippen molar-refractivity contribution in [1.82, 2.24) is 0 Å². The van der Waals surface area contributed by atoms with Gasteiger partial charge in [0.15, 0.2) is 0 Å². The maximum Gasteiger partial charge on any atom is 0.00230 e. The monoisotopic (exact) mass is 446 g/mol. The second kappa shape index (κ2) is 10.3. The second-order valence-corrected chi connectivity index (χ2v) is 19.0. The molecule has 30 heavy (non-hydrogen) atoms. The van der Waals surface area contributed by atoms with Crippen LogP contribution >= 0.6 is 15.8 Å². The van der Waals surface area contributed by atoms with Crippen molar-refractivity contribution in [3.05, 3.63) is 29.8 Å². The van der Waals surface area contributed by atoms with Crippen LogP contribution in [0.1, 0.15) is 124 Å². The predicted octanol–water partition coefficient (Wildman–Crippen LogP) is 9.60. The van der Waals surface area contributed by atoms with Gasteiger partial charge in [-0.1, -0.05) is 127 Å². The Morgan fingerprint density at radius 1 is 0.733 bits per heavy atom. The highest BCUT2D eigenvalue weighted by Gasteiger charge is 2.39. The Morgan fingerprint density at radius 2 is 1.20 bits per heavy atom. The van der Waals surface area contributed by atoms with Crippen molar-refractivity contribution >= 4 is 21.1 Å². The SMILES string of the molecule is CC(c1cccc(P(C2CCCCC2)C2CCCCC2)c1)P(C(C)(C)C)C(C)(C)C. The van der Waals surface area contributed by atoms with Crippen molar-refractivity contribution in [3.8, 4) is 0 Å². The van der Waals surface area contributed by atoms with Gasteiger partial charge in [0.2, 0.25) is 0 Å². The lowest BCUT2D eigenvalue weighted by Gasteiger charge is -2.46. The van der Waals surface area contributed by atoms with Gasteiger partial charge in [-0.15, -0.1) is 0 Å². The van der Waals surface area contributed by atoms with Crippen molar-refractivity contribution in [2.75, 3.05) is 0 Å². The largest absolute Gasteiger partial charge is 0.0882 e. The Bertz CT molecular complexity index is 622. The molecule has 1 atom stereocenters. The quantitative estimate of drug-likeness (QED) is 0.395. The van der Waals surface area contributed by atoms with E-state index in [1.165, 1.54) is 64.2 Å². The van der Waals surface area contributed by atoms with Gasteiger partial charge in [0.1, 0.15) is 0 Å². The summed E-state index contributed by atoms with van der Waals surface area (Å²) >= 11 is 0. The first kappa shape index (κ1) is 24.7. The summed E-state index contributed by atoms with van der Waals surface area (Å²) in [5.74, 6) is 0. The molecule has 3 rings (SSSR count). The third-order valence-electron chi connectivity index (χ3n) is 7.42. The Balaban J connectivity index is 1.93. The summed E-state index contributed by atoms with van der Waals surface area (Å²) in [7, 11) is -0.135. The average Bonchev–Trinajstić information content (AvgIpc) is 2.68. The highest BCUT2D eigenvalue weighted by atomic mass is 31.1. The summed E-state index contributed by atoms with van der Waals surface area (Å²) in [6, 6.07) is 10.1. The Morgan fingerprint density at radius 3 is 1.63 bits per heavy atom. The van der Waals surface area contributed by atoms with E-state index in [2.05, 4.69) is 72.7 Å². The highest BCUT2D eigenvalue weighted by molar-refractivity contribution is 7.67. The van der Waals surface area contributed by atoms with Crippen LogP contribution in [0.4, 0.5) is 0 Å². The molecule has 0 aromatic heterocycles. The zero-order valence-corrected chi connectivity index (χ0v) is 22.8. The van der Waals surface area contributed by atoms with E-state index < -0.39 is 0 Å². The van der Waals surface area contributed by atoms with Crippen LogP contribution in [0.5, 0.6) is 0 Å². The molecule has 2 saturated carbocycles. The number of hydrogen-bond acceptors (Lipinski definition) is 0. The van der Waals surface area contributed by atoms with Gasteiger partial charge in [-0.2, -0.15) is 0 Å². The first-order chi connectivity index (χ1) is 14.1. The maximum atomic E-state index is 2.70. The number of benzene rings is 1. The van der Waals surface area contributed by atoms with Gasteiger partial charge in [-0.05, 0) is 58.2 Å². The summed E-state index contributed by atoms with van der Waals surface area (Å²) in [5.41, 5.74) is 4.28. The van der Waals surface area contributed by atoms with Crippen LogP contribution in [0, 0.1) is 0 Å². The molecular formula is C28H48P2. The molecule has 0 spiro atoms. The van der Waals surface area contributed by atoms with Gasteiger partial charge < -0.3 is 0 Å². The molecule has 0 aliphatic heterocycles. The molecule has 0 N–H and O–H groups in total. The fourth-order valence-corrected chi connectivity index (χ4v) is 15.3. The minimum Gasteiger partial charge on any atom is -0.0882 e. The lowest BCUT2D eigenvalue weighted by atomic mass is 9.99. The third-order valence-corrected chi connectivity index (χ3v) is 14.9. The summed E-state index contributed by atoms with van der Waals surface area (Å²) in [6.45, 7) is 17.4. The van der Waals surface area contributed by atoms with Crippen LogP contribution in [0.2, 0.25) is 0 Å². The minimum atomic E-state index is -0.134. The Kier molecular flexibility index (Phi) is 8.52. The second-order valence-electron chi connectivity index (χ2n) is 12.0. The third kappa shape index (κ3) is 6.10. The molecule has 2 fully saturated rings. The first-order valence-corrected chi connectivity index (χ1v) is 15.7. The van der Waals surface area contributed by atoms with E-state index in [-0.39, 0.29) is 15.8 Å². The summed E-state index contributed by atoms with van der Waals surface area (Å²) in [5, 5.41) is 2.51. The van der Waals surface area contributed by atoms with E-state index in [1.807, 2.05) is 0 Å². The lowest BCUT2D eigenvalue weighted by molar-refractivity contribution is 0.487. The normalized spacial score (nSPS) is 21.4. The van der Waals surface area contributed by atoms with Crippen LogP contribution in [0.3, 0.4) is 0 Å². The van der Waals surface area contributed by atoms with Crippen molar-refractivity contribution in [1.29, 1.82) is 0 Å². The molecule has 1 unspecified atom stereocenters. The van der Waals surface area contributed by atoms with Gasteiger partial charge in [-0.3, -0.25) is 0 Å². The maximum absolute atomic E-state index is 2.70. The standard InChI is InChI=1S/C28H48P2/c1-22(30(27(2,3)4)28(5,6)7)23-15-14-20-26(21-23)29(24-16-10-8-11-17-24)25-18-12-9-13-19-25/h14-15,20-22,24-25H,8-13,16-19H2,1-7H3. The van der Waals surface area contributed by atoms with Gasteiger partial charge in [0.25, 0.3) is 0 Å². The van der Waals surface area contributed by atoms with Crippen LogP contribution in [-0.4, -0.2) is 21.6 Å². The van der Waals surface area contributed by atoms with Crippen molar-refractivity contribution in [2.24, 2.45) is 0 Å². The van der Waals surface area contributed by atoms with Crippen molar-refractivity contribution < 1.29 is 0 Å². The minimum absolute atomic E-state index is 0.00134. The zero-order chi connectivity index (χ0) is 21.9. The summed E-state index contributed by atoms with van der Waals surface area (Å²) < 4.78 is 0. The van der Waals surface area contributed by atoms with E-state index in [4.69, 9.17) is 0 Å². The molecule has 0 nitrogen and oxygen atoms in total. The molecule has 0 radical (unpaired) electrons. The molecule has 2 heteroatoms. The Labute approximate surface area is 190 Å². The van der Waals surface area contributed by atoms with Crippen LogP contribution in [0.15, 0.2) is 24.3 Å². The van der Waals surface area contributed by atoms with E-state index in [9.17, 15) is 0 Å². The first-order valence-electron chi connectivity index (χ1n) is 12.8. The van der Waals surface area contributed by atoms with E-state index in [0.717, 1.165) is 11.3 Å². The molecule has 170 valence electrons. The van der Waals surface area contributed by atoms with E-state index >= 15 is 0 Å². The molecule has 1 aromatic rings. The fourth-order valence-electron chi connectivity index (χ4n) is 6.70. The van der Waals surface area contributed by atoms with Gasteiger partial charge in [0, 0.05) is 5.66 Å². The van der Waals surface area contributed by atoms with Gasteiger partial charge in [-0.25, -0.2) is 0 Å². The smallest absolute Gasteiger partial charge is 0.00230 e. The number of hydrogen-bond donors (Lipinski definition) is 0. The fraction of sp³-hybridized carbons (Fsp3) is 0.786. The lowest BCUT2D eigenvalue weighted by Crippen LogP contribution is -2.28.